The SMILES string of the molecule is [2H]C([2H])(c1c[nH]c2ccc(OCCCN3C(=O)[C@H]4CCCC[C@H]4C3=O)cc12)[C@H]1CCCN1C. The monoisotopic (exact) mass is 425 g/mol. The fraction of sp³-hybridized carbons (Fsp3) is 0.600. The Bertz CT molecular complexity index is 1030. The number of imide groups is 1. The minimum Gasteiger partial charge on any atom is -0.494 e. The Morgan fingerprint density at radius 1 is 1.13 bits per heavy atom. The maximum absolute atomic E-state index is 12.6. The minimum absolute atomic E-state index is 0.00203. The van der Waals surface area contributed by atoms with Gasteiger partial charge >= 0.3 is 0 Å². The van der Waals surface area contributed by atoms with Crippen LogP contribution in [0.4, 0.5) is 0 Å². The minimum atomic E-state index is -1.46. The van der Waals surface area contributed by atoms with Crippen molar-refractivity contribution in [3.8, 4) is 5.75 Å². The first-order chi connectivity index (χ1) is 15.9. The highest BCUT2D eigenvalue weighted by Crippen LogP contribution is 2.38. The third kappa shape index (κ3) is 3.98. The summed E-state index contributed by atoms with van der Waals surface area (Å²) < 4.78 is 23.6. The molecule has 1 saturated carbocycles. The van der Waals surface area contributed by atoms with Crippen LogP contribution in [0.3, 0.4) is 0 Å². The van der Waals surface area contributed by atoms with E-state index in [1.165, 1.54) is 4.90 Å². The van der Waals surface area contributed by atoms with E-state index in [-0.39, 0.29) is 29.7 Å². The van der Waals surface area contributed by atoms with Crippen molar-refractivity contribution in [1.29, 1.82) is 0 Å². The van der Waals surface area contributed by atoms with E-state index >= 15 is 0 Å². The first-order valence-electron chi connectivity index (χ1n) is 12.7. The number of hydrogen-bond donors (Lipinski definition) is 1. The van der Waals surface area contributed by atoms with Gasteiger partial charge in [0.2, 0.25) is 11.8 Å². The molecule has 31 heavy (non-hydrogen) atoms. The summed E-state index contributed by atoms with van der Waals surface area (Å²) in [6.45, 7) is 1.72. The predicted molar refractivity (Wildman–Crippen MR) is 120 cm³/mol. The van der Waals surface area contributed by atoms with Crippen LogP contribution in [-0.2, 0) is 16.0 Å². The van der Waals surface area contributed by atoms with E-state index in [1.54, 1.807) is 6.20 Å². The van der Waals surface area contributed by atoms with E-state index in [0.717, 1.165) is 56.0 Å². The largest absolute Gasteiger partial charge is 0.494 e. The highest BCUT2D eigenvalue weighted by atomic mass is 16.5. The van der Waals surface area contributed by atoms with Crippen molar-refractivity contribution in [2.45, 2.75) is 57.4 Å². The van der Waals surface area contributed by atoms with Crippen molar-refractivity contribution >= 4 is 22.7 Å². The Morgan fingerprint density at radius 3 is 2.61 bits per heavy atom. The molecular formula is C25H33N3O3. The van der Waals surface area contributed by atoms with Gasteiger partial charge in [0.05, 0.1) is 18.4 Å². The quantitative estimate of drug-likeness (QED) is 0.542. The number of carbonyl (C=O) groups is 2. The van der Waals surface area contributed by atoms with Gasteiger partial charge in [-0.2, -0.15) is 0 Å². The summed E-state index contributed by atoms with van der Waals surface area (Å²) in [6.07, 6.45) is 6.52. The number of hydrogen-bond acceptors (Lipinski definition) is 4. The number of fused-ring (bicyclic) bond motifs is 2. The average molecular weight is 426 g/mol. The van der Waals surface area contributed by atoms with Crippen molar-refractivity contribution < 1.29 is 17.1 Å². The maximum Gasteiger partial charge on any atom is 0.233 e. The molecule has 1 aromatic carbocycles. The fourth-order valence-electron chi connectivity index (χ4n) is 5.45. The molecule has 2 amide bonds. The van der Waals surface area contributed by atoms with Crippen LogP contribution in [0.25, 0.3) is 10.9 Å². The normalized spacial score (nSPS) is 28.2. The standard InChI is InChI=1S/C25H33N3O3/c1-27-11-4-6-18(27)14-17-16-26-23-10-9-19(15-22(17)23)31-13-5-12-28-24(29)20-7-2-3-8-21(20)25(28)30/h9-10,15-16,18,20-21,26H,2-8,11-14H2,1H3/t18-,20-,21+/m1/s1/i14D2. The third-order valence-corrected chi connectivity index (χ3v) is 7.22. The number of aromatic amines is 1. The number of carbonyl (C=O) groups excluding carboxylic acids is 2. The Kier molecular flexibility index (Phi) is 5.10. The van der Waals surface area contributed by atoms with Crippen molar-refractivity contribution in [2.24, 2.45) is 11.8 Å². The topological polar surface area (TPSA) is 65.6 Å². The van der Waals surface area contributed by atoms with Gasteiger partial charge in [-0.25, -0.2) is 0 Å². The number of ether oxygens (including phenoxy) is 1. The van der Waals surface area contributed by atoms with Gasteiger partial charge in [-0.1, -0.05) is 12.8 Å². The van der Waals surface area contributed by atoms with Crippen LogP contribution in [-0.4, -0.2) is 59.4 Å². The molecule has 2 saturated heterocycles. The van der Waals surface area contributed by atoms with Crippen molar-refractivity contribution in [3.05, 3.63) is 30.0 Å². The summed E-state index contributed by atoms with van der Waals surface area (Å²) in [5.41, 5.74) is 1.55. The number of H-pyrrole nitrogens is 1. The molecule has 0 spiro atoms. The summed E-state index contributed by atoms with van der Waals surface area (Å²) in [5.74, 6) is 0.474. The van der Waals surface area contributed by atoms with Gasteiger partial charge in [-0.15, -0.1) is 0 Å². The second kappa shape index (κ2) is 8.65. The average Bonchev–Trinajstić information content (AvgIpc) is 3.50. The molecular weight excluding hydrogens is 390 g/mol. The van der Waals surface area contributed by atoms with Crippen molar-refractivity contribution in [1.82, 2.24) is 14.8 Å². The van der Waals surface area contributed by atoms with Gasteiger partial charge in [-0.05, 0) is 75.8 Å². The lowest BCUT2D eigenvalue weighted by atomic mass is 9.81. The summed E-state index contributed by atoms with van der Waals surface area (Å²) in [6, 6.07) is 5.55. The highest BCUT2D eigenvalue weighted by molar-refractivity contribution is 6.05. The smallest absolute Gasteiger partial charge is 0.233 e. The lowest BCUT2D eigenvalue weighted by molar-refractivity contribution is -0.140. The van der Waals surface area contributed by atoms with Gasteiger partial charge in [-0.3, -0.25) is 14.5 Å². The molecule has 1 N–H and O–H groups in total. The third-order valence-electron chi connectivity index (χ3n) is 7.22. The number of nitrogens with one attached hydrogen (secondary N) is 1. The lowest BCUT2D eigenvalue weighted by Crippen LogP contribution is -2.32. The molecule has 1 aliphatic carbocycles. The van der Waals surface area contributed by atoms with Crippen LogP contribution in [0.5, 0.6) is 5.75 Å². The molecule has 3 atom stereocenters. The molecule has 6 nitrogen and oxygen atoms in total. The lowest BCUT2D eigenvalue weighted by Gasteiger charge is -2.19. The van der Waals surface area contributed by atoms with Crippen LogP contribution in [0, 0.1) is 11.8 Å². The molecule has 0 bridgehead atoms. The van der Waals surface area contributed by atoms with Crippen molar-refractivity contribution in [2.75, 3.05) is 26.7 Å². The number of amides is 2. The molecule has 2 aromatic rings. The first-order valence-corrected chi connectivity index (χ1v) is 11.7. The molecule has 6 heteroatoms. The molecule has 0 radical (unpaired) electrons. The second-order valence-corrected chi connectivity index (χ2v) is 9.22. The molecule has 3 heterocycles. The molecule has 3 fully saturated rings. The van der Waals surface area contributed by atoms with Crippen LogP contribution < -0.4 is 4.74 Å². The molecule has 3 aliphatic rings. The van der Waals surface area contributed by atoms with Crippen molar-refractivity contribution in [3.63, 3.8) is 0 Å². The zero-order valence-electron chi connectivity index (χ0n) is 20.2. The molecule has 166 valence electrons. The van der Waals surface area contributed by atoms with Crippen LogP contribution in [0.2, 0.25) is 0 Å². The molecule has 1 aromatic heterocycles. The Labute approximate surface area is 186 Å². The van der Waals surface area contributed by atoms with Gasteiger partial charge in [0.25, 0.3) is 0 Å². The Morgan fingerprint density at radius 2 is 1.90 bits per heavy atom. The molecule has 5 rings (SSSR count). The number of likely N-dealkylation sites (N-methyl/N-ethyl adjacent to an activating group) is 1. The Balaban J connectivity index is 1.23. The van der Waals surface area contributed by atoms with E-state index in [9.17, 15) is 9.59 Å². The zero-order valence-corrected chi connectivity index (χ0v) is 18.2. The van der Waals surface area contributed by atoms with Crippen LogP contribution >= 0.6 is 0 Å². The first kappa shape index (κ1) is 18.3. The summed E-state index contributed by atoms with van der Waals surface area (Å²) in [7, 11) is 1.99. The highest BCUT2D eigenvalue weighted by Gasteiger charge is 2.47. The molecule has 2 aliphatic heterocycles. The summed E-state index contributed by atoms with van der Waals surface area (Å²) in [5, 5.41) is 0.840. The van der Waals surface area contributed by atoms with E-state index in [0.29, 0.717) is 30.9 Å². The van der Waals surface area contributed by atoms with E-state index in [4.69, 9.17) is 7.48 Å². The zero-order chi connectivity index (χ0) is 23.2. The second-order valence-electron chi connectivity index (χ2n) is 9.22. The fourth-order valence-corrected chi connectivity index (χ4v) is 5.45. The van der Waals surface area contributed by atoms with Gasteiger partial charge in [0.15, 0.2) is 0 Å². The Hall–Kier alpha value is -2.34. The summed E-state index contributed by atoms with van der Waals surface area (Å²) in [4.78, 5) is 32.0. The van der Waals surface area contributed by atoms with Crippen LogP contribution in [0.15, 0.2) is 24.4 Å². The number of aromatic nitrogens is 1. The number of rotatable bonds is 7. The van der Waals surface area contributed by atoms with Gasteiger partial charge < -0.3 is 14.6 Å². The van der Waals surface area contributed by atoms with Gasteiger partial charge in [0.1, 0.15) is 5.75 Å². The maximum atomic E-state index is 12.6. The van der Waals surface area contributed by atoms with E-state index < -0.39 is 6.37 Å². The number of likely N-dealkylation sites (tertiary alicyclic amines) is 2. The number of nitrogens with zero attached hydrogens (tertiary/aromatic N) is 2. The molecule has 0 unspecified atom stereocenters. The van der Waals surface area contributed by atoms with E-state index in [2.05, 4.69) is 9.88 Å². The van der Waals surface area contributed by atoms with Gasteiger partial charge in [0, 0.05) is 32.4 Å². The van der Waals surface area contributed by atoms with E-state index in [1.807, 2.05) is 25.2 Å². The van der Waals surface area contributed by atoms with Crippen LogP contribution in [0.1, 0.15) is 53.3 Å². The summed E-state index contributed by atoms with van der Waals surface area (Å²) >= 11 is 0. The predicted octanol–water partition coefficient (Wildman–Crippen LogP) is 3.75. The number of benzene rings is 1.